The van der Waals surface area contributed by atoms with Crippen LogP contribution in [-0.2, 0) is 32.1 Å². The quantitative estimate of drug-likeness (QED) is 0.234. The number of amides is 2. The van der Waals surface area contributed by atoms with Crippen molar-refractivity contribution in [3.8, 4) is 0 Å². The standard InChI is InChI=1S/C28H34Cl2F3N3O7S/c1-6-44(41,42)23-10-9-17(29)14-22(23)36(5)24(37)16-12-19(28(31,32)33)18(20(30)13-16)15-34-11-7-8-21(25(38)39)35-26(40)43-27(2,3)4/h9-10,12-14,21,34H,6-8,11,15H2,1-5H3,(H,35,40)(H,38,39)/t21-/m0/s1. The van der Waals surface area contributed by atoms with Crippen LogP contribution in [0.3, 0.4) is 0 Å². The van der Waals surface area contributed by atoms with Crippen LogP contribution < -0.4 is 15.5 Å². The number of rotatable bonds is 12. The summed E-state index contributed by atoms with van der Waals surface area (Å²) in [6.07, 6.45) is -5.71. The van der Waals surface area contributed by atoms with Gasteiger partial charge >= 0.3 is 18.2 Å². The molecule has 0 spiro atoms. The highest BCUT2D eigenvalue weighted by Crippen LogP contribution is 2.37. The summed E-state index contributed by atoms with van der Waals surface area (Å²) in [6.45, 7) is 5.94. The molecule has 0 fully saturated rings. The Morgan fingerprint density at radius 1 is 1.09 bits per heavy atom. The van der Waals surface area contributed by atoms with Gasteiger partial charge in [-0.2, -0.15) is 13.2 Å². The first kappa shape index (κ1) is 37.1. The van der Waals surface area contributed by atoms with Crippen molar-refractivity contribution in [2.75, 3.05) is 24.2 Å². The minimum Gasteiger partial charge on any atom is -0.480 e. The summed E-state index contributed by atoms with van der Waals surface area (Å²) in [4.78, 5) is 37.4. The van der Waals surface area contributed by atoms with Crippen LogP contribution in [0.1, 0.15) is 62.0 Å². The number of carbonyl (C=O) groups is 3. The first-order valence-electron chi connectivity index (χ1n) is 13.3. The Labute approximate surface area is 263 Å². The number of alkyl halides is 3. The molecule has 16 heteroatoms. The molecule has 0 saturated carbocycles. The SMILES string of the molecule is CCS(=O)(=O)c1ccc(Cl)cc1N(C)C(=O)c1cc(Cl)c(CNCCC[C@H](NC(=O)OC(C)(C)C)C(=O)O)c(C(F)(F)F)c1. The molecule has 0 aliphatic rings. The lowest BCUT2D eigenvalue weighted by Gasteiger charge is -2.23. The van der Waals surface area contributed by atoms with E-state index in [0.29, 0.717) is 6.07 Å². The summed E-state index contributed by atoms with van der Waals surface area (Å²) >= 11 is 12.3. The van der Waals surface area contributed by atoms with Crippen molar-refractivity contribution in [3.63, 3.8) is 0 Å². The lowest BCUT2D eigenvalue weighted by Crippen LogP contribution is -2.43. The van der Waals surface area contributed by atoms with E-state index < -0.39 is 56.8 Å². The molecule has 2 aromatic rings. The van der Waals surface area contributed by atoms with Gasteiger partial charge in [-0.3, -0.25) is 4.79 Å². The number of hydrogen-bond donors (Lipinski definition) is 3. The van der Waals surface area contributed by atoms with E-state index in [9.17, 15) is 41.1 Å². The number of carboxylic acid groups (broad SMARTS) is 1. The monoisotopic (exact) mass is 683 g/mol. The number of anilines is 1. The largest absolute Gasteiger partial charge is 0.480 e. The molecule has 0 unspecified atom stereocenters. The molecule has 0 heterocycles. The number of aliphatic carboxylic acids is 1. The predicted molar refractivity (Wildman–Crippen MR) is 160 cm³/mol. The Morgan fingerprint density at radius 2 is 1.73 bits per heavy atom. The van der Waals surface area contributed by atoms with Crippen molar-refractivity contribution in [2.24, 2.45) is 0 Å². The summed E-state index contributed by atoms with van der Waals surface area (Å²) in [5, 5.41) is 14.1. The molecule has 0 aromatic heterocycles. The van der Waals surface area contributed by atoms with Crippen LogP contribution in [0.5, 0.6) is 0 Å². The Balaban J connectivity index is 2.23. The van der Waals surface area contributed by atoms with Crippen LogP contribution in [0.25, 0.3) is 0 Å². The van der Waals surface area contributed by atoms with E-state index in [2.05, 4.69) is 10.6 Å². The van der Waals surface area contributed by atoms with Crippen LogP contribution in [0.2, 0.25) is 10.0 Å². The second-order valence-electron chi connectivity index (χ2n) is 10.7. The highest BCUT2D eigenvalue weighted by atomic mass is 35.5. The molecule has 10 nitrogen and oxygen atoms in total. The maximum atomic E-state index is 14.1. The van der Waals surface area contributed by atoms with Gasteiger partial charge < -0.3 is 25.4 Å². The summed E-state index contributed by atoms with van der Waals surface area (Å²) < 4.78 is 72.5. The topological polar surface area (TPSA) is 142 Å². The molecule has 0 saturated heterocycles. The van der Waals surface area contributed by atoms with Gasteiger partial charge in [-0.15, -0.1) is 0 Å². The third-order valence-corrected chi connectivity index (χ3v) is 8.53. The predicted octanol–water partition coefficient (Wildman–Crippen LogP) is 5.93. The van der Waals surface area contributed by atoms with Crippen LogP contribution in [0, 0.1) is 0 Å². The molecule has 2 rings (SSSR count). The van der Waals surface area contributed by atoms with E-state index in [1.807, 2.05) is 0 Å². The van der Waals surface area contributed by atoms with Gasteiger partial charge in [0.2, 0.25) is 0 Å². The number of hydrogen-bond acceptors (Lipinski definition) is 7. The second kappa shape index (κ2) is 14.8. The van der Waals surface area contributed by atoms with Gasteiger partial charge in [-0.05, 0) is 76.1 Å². The van der Waals surface area contributed by atoms with Gasteiger partial charge in [0.25, 0.3) is 5.91 Å². The summed E-state index contributed by atoms with van der Waals surface area (Å²) in [5.74, 6) is -2.54. The van der Waals surface area contributed by atoms with E-state index in [1.54, 1.807) is 20.8 Å². The molecule has 244 valence electrons. The van der Waals surface area contributed by atoms with Crippen molar-refractivity contribution < 1.29 is 45.8 Å². The molecule has 0 aliphatic heterocycles. The van der Waals surface area contributed by atoms with Crippen LogP contribution in [-0.4, -0.2) is 62.5 Å². The normalized spacial score (nSPS) is 12.9. The van der Waals surface area contributed by atoms with Gasteiger partial charge in [0.1, 0.15) is 11.6 Å². The third-order valence-electron chi connectivity index (χ3n) is 6.19. The van der Waals surface area contributed by atoms with Crippen LogP contribution >= 0.6 is 23.2 Å². The molecule has 2 amide bonds. The van der Waals surface area contributed by atoms with Crippen molar-refractivity contribution in [3.05, 3.63) is 57.1 Å². The van der Waals surface area contributed by atoms with Crippen molar-refractivity contribution in [1.29, 1.82) is 0 Å². The fourth-order valence-electron chi connectivity index (χ4n) is 4.02. The van der Waals surface area contributed by atoms with Gasteiger partial charge in [0, 0.05) is 29.2 Å². The van der Waals surface area contributed by atoms with Crippen molar-refractivity contribution in [2.45, 2.75) is 69.8 Å². The minimum absolute atomic E-state index is 0.0412. The first-order valence-corrected chi connectivity index (χ1v) is 15.7. The highest BCUT2D eigenvalue weighted by Gasteiger charge is 2.36. The third kappa shape index (κ3) is 10.2. The number of nitrogens with zero attached hydrogens (tertiary/aromatic N) is 1. The number of halogens is 5. The minimum atomic E-state index is -4.91. The zero-order valence-corrected chi connectivity index (χ0v) is 27.0. The molecule has 2 aromatic carbocycles. The number of alkyl carbamates (subject to hydrolysis) is 1. The molecule has 1 atom stereocenters. The smallest absolute Gasteiger partial charge is 0.416 e. The zero-order chi connectivity index (χ0) is 33.6. The van der Waals surface area contributed by atoms with Gasteiger partial charge in [0.15, 0.2) is 9.84 Å². The molecule has 3 N–H and O–H groups in total. The average Bonchev–Trinajstić information content (AvgIpc) is 2.89. The molecule has 0 radical (unpaired) electrons. The number of ether oxygens (including phenoxy) is 1. The van der Waals surface area contributed by atoms with E-state index >= 15 is 0 Å². The Kier molecular flexibility index (Phi) is 12.5. The summed E-state index contributed by atoms with van der Waals surface area (Å²) in [7, 11) is -2.61. The van der Waals surface area contributed by atoms with Crippen LogP contribution in [0.15, 0.2) is 35.2 Å². The average molecular weight is 685 g/mol. The molecule has 0 bridgehead atoms. The number of sulfone groups is 1. The van der Waals surface area contributed by atoms with Crippen molar-refractivity contribution >= 4 is 56.7 Å². The van der Waals surface area contributed by atoms with Crippen LogP contribution in [0.4, 0.5) is 23.7 Å². The molecule has 44 heavy (non-hydrogen) atoms. The van der Waals surface area contributed by atoms with E-state index in [4.69, 9.17) is 27.9 Å². The maximum Gasteiger partial charge on any atom is 0.416 e. The fraction of sp³-hybridized carbons (Fsp3) is 0.464. The van der Waals surface area contributed by atoms with E-state index in [0.717, 1.165) is 11.0 Å². The number of carboxylic acids is 1. The molecular weight excluding hydrogens is 650 g/mol. The number of benzene rings is 2. The van der Waals surface area contributed by atoms with E-state index in [1.165, 1.54) is 32.2 Å². The van der Waals surface area contributed by atoms with E-state index in [-0.39, 0.29) is 57.9 Å². The lowest BCUT2D eigenvalue weighted by atomic mass is 10.0. The van der Waals surface area contributed by atoms with Crippen molar-refractivity contribution in [1.82, 2.24) is 10.6 Å². The Hall–Kier alpha value is -3.07. The van der Waals surface area contributed by atoms with Gasteiger partial charge in [0.05, 0.1) is 21.9 Å². The fourth-order valence-corrected chi connectivity index (χ4v) is 5.57. The Morgan fingerprint density at radius 3 is 2.27 bits per heavy atom. The number of carbonyl (C=O) groups excluding carboxylic acids is 2. The number of nitrogens with one attached hydrogen (secondary N) is 2. The first-order chi connectivity index (χ1) is 20.2. The summed E-state index contributed by atoms with van der Waals surface area (Å²) in [5.41, 5.74) is -2.92. The van der Waals surface area contributed by atoms with Gasteiger partial charge in [-0.1, -0.05) is 30.1 Å². The zero-order valence-electron chi connectivity index (χ0n) is 24.6. The maximum absolute atomic E-state index is 14.1. The van der Waals surface area contributed by atoms with Gasteiger partial charge in [-0.25, -0.2) is 18.0 Å². The molecular formula is C28H34Cl2F3N3O7S. The molecule has 0 aliphatic carbocycles. The second-order valence-corrected chi connectivity index (χ2v) is 13.8. The highest BCUT2D eigenvalue weighted by molar-refractivity contribution is 7.91. The Bertz CT molecular complexity index is 1500. The summed E-state index contributed by atoms with van der Waals surface area (Å²) in [6, 6.07) is 4.17. The lowest BCUT2D eigenvalue weighted by molar-refractivity contribution is -0.140.